The maximum Gasteiger partial charge on any atom is 0.261 e. The monoisotopic (exact) mass is 380 g/mol. The van der Waals surface area contributed by atoms with Crippen molar-refractivity contribution in [3.63, 3.8) is 0 Å². The fourth-order valence-corrected chi connectivity index (χ4v) is 4.08. The van der Waals surface area contributed by atoms with Crippen molar-refractivity contribution in [1.82, 2.24) is 9.80 Å². The first-order chi connectivity index (χ1) is 13.7. The van der Waals surface area contributed by atoms with Crippen molar-refractivity contribution in [3.8, 4) is 5.75 Å². The van der Waals surface area contributed by atoms with Crippen molar-refractivity contribution < 1.29 is 19.4 Å². The van der Waals surface area contributed by atoms with Crippen LogP contribution in [-0.4, -0.2) is 59.1 Å². The molecule has 2 aromatic rings. The number of hydrogen-bond acceptors (Lipinski definition) is 5. The number of aliphatic hydroxyl groups is 1. The molecule has 0 aromatic heterocycles. The predicted molar refractivity (Wildman–Crippen MR) is 104 cm³/mol. The quantitative estimate of drug-likeness (QED) is 0.779. The van der Waals surface area contributed by atoms with Gasteiger partial charge >= 0.3 is 0 Å². The van der Waals surface area contributed by atoms with Crippen LogP contribution in [0.5, 0.6) is 5.75 Å². The number of carbonyl (C=O) groups is 2. The van der Waals surface area contributed by atoms with Crippen molar-refractivity contribution >= 4 is 11.8 Å². The van der Waals surface area contributed by atoms with Crippen molar-refractivity contribution in [2.24, 2.45) is 0 Å². The van der Waals surface area contributed by atoms with Crippen LogP contribution in [0.15, 0.2) is 48.5 Å². The van der Waals surface area contributed by atoms with E-state index in [1.807, 2.05) is 24.3 Å². The SMILES string of the molecule is O=C1c2ccccc2C(=O)N1[C@@H]1CCCN(Cc2cccc(OCCO)c2)C1. The number of piperidine rings is 1. The van der Waals surface area contributed by atoms with Crippen molar-refractivity contribution in [2.45, 2.75) is 25.4 Å². The summed E-state index contributed by atoms with van der Waals surface area (Å²) in [5, 5.41) is 8.91. The highest BCUT2D eigenvalue weighted by atomic mass is 16.5. The van der Waals surface area contributed by atoms with Gasteiger partial charge in [0.1, 0.15) is 12.4 Å². The lowest BCUT2D eigenvalue weighted by molar-refractivity contribution is 0.0475. The molecule has 1 N–H and O–H groups in total. The van der Waals surface area contributed by atoms with Gasteiger partial charge < -0.3 is 9.84 Å². The number of hydrogen-bond donors (Lipinski definition) is 1. The van der Waals surface area contributed by atoms with E-state index >= 15 is 0 Å². The molecular weight excluding hydrogens is 356 g/mol. The zero-order valence-electron chi connectivity index (χ0n) is 15.7. The molecule has 2 aliphatic rings. The molecule has 0 unspecified atom stereocenters. The van der Waals surface area contributed by atoms with Crippen molar-refractivity contribution in [1.29, 1.82) is 0 Å². The Bertz CT molecular complexity index is 847. The third-order valence-corrected chi connectivity index (χ3v) is 5.34. The third kappa shape index (κ3) is 3.66. The highest BCUT2D eigenvalue weighted by Crippen LogP contribution is 2.28. The first-order valence-corrected chi connectivity index (χ1v) is 9.69. The minimum atomic E-state index is -0.174. The second-order valence-electron chi connectivity index (χ2n) is 7.28. The van der Waals surface area contributed by atoms with Crippen LogP contribution in [-0.2, 0) is 6.54 Å². The van der Waals surface area contributed by atoms with Gasteiger partial charge in [0, 0.05) is 13.1 Å². The van der Waals surface area contributed by atoms with Crippen LogP contribution < -0.4 is 4.74 Å². The van der Waals surface area contributed by atoms with E-state index in [0.717, 1.165) is 37.2 Å². The molecule has 6 nitrogen and oxygen atoms in total. The number of carbonyl (C=O) groups excluding carboxylic acids is 2. The van der Waals surface area contributed by atoms with Crippen LogP contribution in [0.1, 0.15) is 39.1 Å². The lowest BCUT2D eigenvalue weighted by Gasteiger charge is -2.36. The molecule has 2 aromatic carbocycles. The number of amides is 2. The number of ether oxygens (including phenoxy) is 1. The number of benzene rings is 2. The van der Waals surface area contributed by atoms with Gasteiger partial charge in [-0.15, -0.1) is 0 Å². The first kappa shape index (κ1) is 18.7. The predicted octanol–water partition coefficient (Wildman–Crippen LogP) is 2.32. The number of imide groups is 1. The van der Waals surface area contributed by atoms with Gasteiger partial charge in [0.05, 0.1) is 23.8 Å². The van der Waals surface area contributed by atoms with Crippen molar-refractivity contribution in [3.05, 3.63) is 65.2 Å². The Balaban J connectivity index is 1.44. The van der Waals surface area contributed by atoms with E-state index in [2.05, 4.69) is 4.90 Å². The van der Waals surface area contributed by atoms with E-state index in [1.165, 1.54) is 4.90 Å². The van der Waals surface area contributed by atoms with Crippen LogP contribution in [0.25, 0.3) is 0 Å². The Morgan fingerprint density at radius 1 is 1.04 bits per heavy atom. The average molecular weight is 380 g/mol. The molecule has 28 heavy (non-hydrogen) atoms. The Hall–Kier alpha value is -2.70. The molecule has 2 heterocycles. The summed E-state index contributed by atoms with van der Waals surface area (Å²) in [6, 6.07) is 14.8. The smallest absolute Gasteiger partial charge is 0.261 e. The van der Waals surface area contributed by atoms with Gasteiger partial charge in [-0.1, -0.05) is 24.3 Å². The molecule has 1 saturated heterocycles. The maximum atomic E-state index is 12.8. The van der Waals surface area contributed by atoms with Gasteiger partial charge in [-0.3, -0.25) is 19.4 Å². The van der Waals surface area contributed by atoms with Gasteiger partial charge in [-0.25, -0.2) is 0 Å². The molecule has 2 amide bonds. The lowest BCUT2D eigenvalue weighted by atomic mass is 10.0. The number of nitrogens with zero attached hydrogens (tertiary/aromatic N) is 2. The summed E-state index contributed by atoms with van der Waals surface area (Å²) in [7, 11) is 0. The van der Waals surface area contributed by atoms with Gasteiger partial charge in [-0.05, 0) is 49.2 Å². The van der Waals surface area contributed by atoms with E-state index in [1.54, 1.807) is 24.3 Å². The molecule has 146 valence electrons. The minimum Gasteiger partial charge on any atom is -0.491 e. The molecule has 0 saturated carbocycles. The maximum absolute atomic E-state index is 12.8. The number of rotatable bonds is 6. The molecular formula is C22H24N2O4. The molecule has 0 aliphatic carbocycles. The highest BCUT2D eigenvalue weighted by Gasteiger charge is 2.40. The fraction of sp³-hybridized carbons (Fsp3) is 0.364. The van der Waals surface area contributed by atoms with Crippen LogP contribution >= 0.6 is 0 Å². The zero-order valence-corrected chi connectivity index (χ0v) is 15.7. The number of likely N-dealkylation sites (tertiary alicyclic amines) is 1. The van der Waals surface area contributed by atoms with Crippen molar-refractivity contribution in [2.75, 3.05) is 26.3 Å². The normalized spacial score (nSPS) is 19.8. The van der Waals surface area contributed by atoms with Crippen LogP contribution in [0.2, 0.25) is 0 Å². The second-order valence-corrected chi connectivity index (χ2v) is 7.28. The molecule has 0 radical (unpaired) electrons. The molecule has 6 heteroatoms. The fourth-order valence-electron chi connectivity index (χ4n) is 4.08. The standard InChI is InChI=1S/C22H24N2O4/c25-11-12-28-18-7-3-5-16(13-18)14-23-10-4-6-17(15-23)24-21(26)19-8-1-2-9-20(19)22(24)27/h1-3,5,7-9,13,17,25H,4,6,10-12,14-15H2/t17-/m1/s1. The minimum absolute atomic E-state index is 0.0156. The highest BCUT2D eigenvalue weighted by molar-refractivity contribution is 6.21. The summed E-state index contributed by atoms with van der Waals surface area (Å²) in [6.07, 6.45) is 1.78. The summed E-state index contributed by atoms with van der Waals surface area (Å²) in [4.78, 5) is 29.3. The van der Waals surface area contributed by atoms with E-state index < -0.39 is 0 Å². The molecule has 2 aliphatic heterocycles. The summed E-state index contributed by atoms with van der Waals surface area (Å²) < 4.78 is 5.49. The summed E-state index contributed by atoms with van der Waals surface area (Å²) in [6.45, 7) is 2.60. The Morgan fingerprint density at radius 2 is 1.79 bits per heavy atom. The lowest BCUT2D eigenvalue weighted by Crippen LogP contribution is -2.49. The Labute approximate surface area is 164 Å². The molecule has 0 bridgehead atoms. The second kappa shape index (κ2) is 8.12. The van der Waals surface area contributed by atoms with Crippen LogP contribution in [0, 0.1) is 0 Å². The molecule has 0 spiro atoms. The first-order valence-electron chi connectivity index (χ1n) is 9.69. The van der Waals surface area contributed by atoms with Crippen LogP contribution in [0.3, 0.4) is 0 Å². The zero-order chi connectivity index (χ0) is 19.5. The summed E-state index contributed by atoms with van der Waals surface area (Å²) in [5.41, 5.74) is 2.13. The molecule has 1 atom stereocenters. The Kier molecular flexibility index (Phi) is 5.41. The van der Waals surface area contributed by atoms with Gasteiger partial charge in [0.2, 0.25) is 0 Å². The summed E-state index contributed by atoms with van der Waals surface area (Å²) >= 11 is 0. The van der Waals surface area contributed by atoms with E-state index in [4.69, 9.17) is 9.84 Å². The number of aliphatic hydroxyl groups excluding tert-OH is 1. The van der Waals surface area contributed by atoms with Crippen LogP contribution in [0.4, 0.5) is 0 Å². The average Bonchev–Trinajstić information content (AvgIpc) is 2.98. The largest absolute Gasteiger partial charge is 0.491 e. The van der Waals surface area contributed by atoms with Gasteiger partial charge in [-0.2, -0.15) is 0 Å². The van der Waals surface area contributed by atoms with Gasteiger partial charge in [0.25, 0.3) is 11.8 Å². The topological polar surface area (TPSA) is 70.1 Å². The van der Waals surface area contributed by atoms with Gasteiger partial charge in [0.15, 0.2) is 0 Å². The Morgan fingerprint density at radius 3 is 2.50 bits per heavy atom. The van der Waals surface area contributed by atoms with E-state index in [0.29, 0.717) is 17.7 Å². The molecule has 4 rings (SSSR count). The van der Waals surface area contributed by atoms with E-state index in [9.17, 15) is 9.59 Å². The summed E-state index contributed by atoms with van der Waals surface area (Å²) in [5.74, 6) is 0.388. The number of fused-ring (bicyclic) bond motifs is 1. The van der Waals surface area contributed by atoms with E-state index in [-0.39, 0.29) is 31.1 Å². The molecule has 1 fully saturated rings. The third-order valence-electron chi connectivity index (χ3n) is 5.34.